The Hall–Kier alpha value is -1.10. The molecule has 1 heterocycles. The lowest BCUT2D eigenvalue weighted by molar-refractivity contribution is -0.207. The highest BCUT2D eigenvalue weighted by Crippen LogP contribution is 2.34. The Morgan fingerprint density at radius 3 is 2.44 bits per heavy atom. The Labute approximate surface area is 95.0 Å². The van der Waals surface area contributed by atoms with Gasteiger partial charge in [-0.05, 0) is 27.7 Å². The summed E-state index contributed by atoms with van der Waals surface area (Å²) in [4.78, 5) is 22.8. The molecule has 0 spiro atoms. The fraction of sp³-hybridized carbons (Fsp3) is 0.818. The third-order valence-electron chi connectivity index (χ3n) is 2.74. The average Bonchev–Trinajstić information content (AvgIpc) is 2.12. The maximum atomic E-state index is 11.7. The van der Waals surface area contributed by atoms with Crippen LogP contribution in [0.15, 0.2) is 0 Å². The van der Waals surface area contributed by atoms with Crippen molar-refractivity contribution in [2.45, 2.75) is 51.4 Å². The SMILES string of the molecule is COC(=O)OC1CC(=O)C(C)(C)OC1(C)C. The second-order valence-corrected chi connectivity index (χ2v) is 4.90. The molecule has 1 unspecified atom stereocenters. The molecule has 0 amide bonds. The van der Waals surface area contributed by atoms with E-state index in [1.54, 1.807) is 27.7 Å². The van der Waals surface area contributed by atoms with Crippen molar-refractivity contribution in [1.29, 1.82) is 0 Å². The molecule has 0 N–H and O–H groups in total. The Morgan fingerprint density at radius 1 is 1.38 bits per heavy atom. The molecule has 92 valence electrons. The van der Waals surface area contributed by atoms with Gasteiger partial charge in [-0.25, -0.2) is 4.79 Å². The van der Waals surface area contributed by atoms with Gasteiger partial charge in [0.05, 0.1) is 7.11 Å². The van der Waals surface area contributed by atoms with Gasteiger partial charge >= 0.3 is 6.16 Å². The van der Waals surface area contributed by atoms with Crippen molar-refractivity contribution >= 4 is 11.9 Å². The molecule has 1 fully saturated rings. The Morgan fingerprint density at radius 2 is 1.94 bits per heavy atom. The summed E-state index contributed by atoms with van der Waals surface area (Å²) < 4.78 is 15.1. The molecule has 1 saturated heterocycles. The average molecular weight is 230 g/mol. The molecule has 1 rings (SSSR count). The monoisotopic (exact) mass is 230 g/mol. The van der Waals surface area contributed by atoms with Crippen LogP contribution in [0.5, 0.6) is 0 Å². The molecule has 0 aliphatic carbocycles. The predicted molar refractivity (Wildman–Crippen MR) is 56.1 cm³/mol. The second kappa shape index (κ2) is 4.05. The zero-order valence-corrected chi connectivity index (χ0v) is 10.3. The van der Waals surface area contributed by atoms with Crippen molar-refractivity contribution in [1.82, 2.24) is 0 Å². The molecule has 1 aliphatic rings. The highest BCUT2D eigenvalue weighted by molar-refractivity contribution is 5.88. The van der Waals surface area contributed by atoms with Crippen LogP contribution in [0.2, 0.25) is 0 Å². The Balaban J connectivity index is 2.80. The fourth-order valence-electron chi connectivity index (χ4n) is 1.79. The first-order valence-corrected chi connectivity index (χ1v) is 5.17. The van der Waals surface area contributed by atoms with E-state index in [1.165, 1.54) is 7.11 Å². The van der Waals surface area contributed by atoms with Crippen LogP contribution < -0.4 is 0 Å². The number of carbonyl (C=O) groups is 2. The summed E-state index contributed by atoms with van der Waals surface area (Å²) in [6.07, 6.45) is -1.26. The summed E-state index contributed by atoms with van der Waals surface area (Å²) in [6.45, 7) is 7.00. The largest absolute Gasteiger partial charge is 0.508 e. The number of hydrogen-bond donors (Lipinski definition) is 0. The molecule has 0 radical (unpaired) electrons. The molecule has 1 atom stereocenters. The second-order valence-electron chi connectivity index (χ2n) is 4.90. The van der Waals surface area contributed by atoms with E-state index in [0.717, 1.165) is 0 Å². The lowest BCUT2D eigenvalue weighted by Gasteiger charge is -2.44. The van der Waals surface area contributed by atoms with Crippen LogP contribution in [0.1, 0.15) is 34.1 Å². The number of methoxy groups -OCH3 is 1. The molecule has 0 aromatic carbocycles. The van der Waals surface area contributed by atoms with Gasteiger partial charge in [-0.3, -0.25) is 4.79 Å². The van der Waals surface area contributed by atoms with E-state index < -0.39 is 23.5 Å². The minimum absolute atomic E-state index is 0.0827. The van der Waals surface area contributed by atoms with Crippen molar-refractivity contribution in [3.05, 3.63) is 0 Å². The minimum atomic E-state index is -0.834. The summed E-state index contributed by atoms with van der Waals surface area (Å²) in [5.41, 5.74) is -1.54. The summed E-state index contributed by atoms with van der Waals surface area (Å²) in [5, 5.41) is 0. The first kappa shape index (κ1) is 13.0. The van der Waals surface area contributed by atoms with Crippen molar-refractivity contribution in [2.24, 2.45) is 0 Å². The van der Waals surface area contributed by atoms with Crippen LogP contribution in [-0.4, -0.2) is 36.4 Å². The summed E-state index contributed by atoms with van der Waals surface area (Å²) in [5.74, 6) is -0.0827. The highest BCUT2D eigenvalue weighted by atomic mass is 16.7. The zero-order valence-electron chi connectivity index (χ0n) is 10.3. The molecule has 5 nitrogen and oxygen atoms in total. The lowest BCUT2D eigenvalue weighted by atomic mass is 9.85. The maximum absolute atomic E-state index is 11.7. The van der Waals surface area contributed by atoms with Gasteiger partial charge in [0.15, 0.2) is 5.78 Å². The van der Waals surface area contributed by atoms with Crippen LogP contribution in [-0.2, 0) is 19.0 Å². The van der Waals surface area contributed by atoms with Crippen molar-refractivity contribution in [3.8, 4) is 0 Å². The third-order valence-corrected chi connectivity index (χ3v) is 2.74. The summed E-state index contributed by atoms with van der Waals surface area (Å²) in [7, 11) is 1.23. The van der Waals surface area contributed by atoms with Gasteiger partial charge in [-0.2, -0.15) is 0 Å². The van der Waals surface area contributed by atoms with Crippen molar-refractivity contribution < 1.29 is 23.8 Å². The van der Waals surface area contributed by atoms with E-state index in [1.807, 2.05) is 0 Å². The van der Waals surface area contributed by atoms with Crippen LogP contribution in [0, 0.1) is 0 Å². The van der Waals surface area contributed by atoms with Crippen LogP contribution in [0.25, 0.3) is 0 Å². The van der Waals surface area contributed by atoms with Crippen LogP contribution in [0.4, 0.5) is 4.79 Å². The molecule has 0 saturated carbocycles. The van der Waals surface area contributed by atoms with E-state index in [0.29, 0.717) is 0 Å². The third kappa shape index (κ3) is 2.52. The molecule has 1 aliphatic heterocycles. The van der Waals surface area contributed by atoms with Crippen LogP contribution in [0.3, 0.4) is 0 Å². The zero-order chi connectivity index (χ0) is 12.6. The van der Waals surface area contributed by atoms with Crippen LogP contribution >= 0.6 is 0 Å². The minimum Gasteiger partial charge on any atom is -0.438 e. The number of ketones is 1. The van der Waals surface area contributed by atoms with Crippen molar-refractivity contribution in [2.75, 3.05) is 7.11 Å². The first-order chi connectivity index (χ1) is 7.19. The number of carbonyl (C=O) groups excluding carboxylic acids is 2. The molecule has 5 heteroatoms. The highest BCUT2D eigenvalue weighted by Gasteiger charge is 2.48. The van der Waals surface area contributed by atoms with Gasteiger partial charge in [-0.15, -0.1) is 0 Å². The molecule has 0 aromatic heterocycles. The van der Waals surface area contributed by atoms with Gasteiger partial charge in [-0.1, -0.05) is 0 Å². The van der Waals surface area contributed by atoms with E-state index >= 15 is 0 Å². The lowest BCUT2D eigenvalue weighted by Crippen LogP contribution is -2.57. The van der Waals surface area contributed by atoms with Crippen molar-refractivity contribution in [3.63, 3.8) is 0 Å². The summed E-state index contributed by atoms with van der Waals surface area (Å²) in [6, 6.07) is 0. The standard InChI is InChI=1S/C11H18O5/c1-10(2)7(12)6-8(11(3,4)16-10)15-9(13)14-5/h8H,6H2,1-5H3. The molecule has 16 heavy (non-hydrogen) atoms. The number of ether oxygens (including phenoxy) is 3. The fourth-order valence-corrected chi connectivity index (χ4v) is 1.79. The molecular weight excluding hydrogens is 212 g/mol. The van der Waals surface area contributed by atoms with E-state index in [2.05, 4.69) is 4.74 Å². The van der Waals surface area contributed by atoms with Gasteiger partial charge < -0.3 is 14.2 Å². The van der Waals surface area contributed by atoms with Gasteiger partial charge in [0.2, 0.25) is 0 Å². The molecule has 0 bridgehead atoms. The number of Topliss-reactive ketones (excluding diaryl/α,β-unsaturated/α-hetero) is 1. The van der Waals surface area contributed by atoms with E-state index in [9.17, 15) is 9.59 Å². The maximum Gasteiger partial charge on any atom is 0.508 e. The smallest absolute Gasteiger partial charge is 0.438 e. The van der Waals surface area contributed by atoms with E-state index in [4.69, 9.17) is 9.47 Å². The van der Waals surface area contributed by atoms with Gasteiger partial charge in [0.25, 0.3) is 0 Å². The number of rotatable bonds is 1. The van der Waals surface area contributed by atoms with Gasteiger partial charge in [0.1, 0.15) is 17.3 Å². The number of hydrogen-bond acceptors (Lipinski definition) is 5. The summed E-state index contributed by atoms with van der Waals surface area (Å²) >= 11 is 0. The quantitative estimate of drug-likeness (QED) is 0.641. The topological polar surface area (TPSA) is 61.8 Å². The first-order valence-electron chi connectivity index (χ1n) is 5.17. The Kier molecular flexibility index (Phi) is 3.28. The Bertz CT molecular complexity index is 305. The molecule has 0 aromatic rings. The van der Waals surface area contributed by atoms with E-state index in [-0.39, 0.29) is 12.2 Å². The van der Waals surface area contributed by atoms with Gasteiger partial charge in [0, 0.05) is 6.42 Å². The normalized spacial score (nSPS) is 27.3. The molecular formula is C11H18O5. The predicted octanol–water partition coefficient (Wildman–Crippen LogP) is 1.68.